The van der Waals surface area contributed by atoms with E-state index in [2.05, 4.69) is 4.72 Å². The van der Waals surface area contributed by atoms with Crippen molar-refractivity contribution in [2.45, 2.75) is 39.3 Å². The molecule has 90 valence electrons. The molecule has 1 aliphatic heterocycles. The van der Waals surface area contributed by atoms with Crippen molar-refractivity contribution in [2.24, 2.45) is 11.7 Å². The van der Waals surface area contributed by atoms with Crippen LogP contribution >= 0.6 is 0 Å². The maximum atomic E-state index is 11.9. The summed E-state index contributed by atoms with van der Waals surface area (Å²) in [4.78, 5) is 0. The lowest BCUT2D eigenvalue weighted by atomic mass is 10.1. The van der Waals surface area contributed by atoms with Crippen molar-refractivity contribution in [3.8, 4) is 0 Å². The van der Waals surface area contributed by atoms with Crippen molar-refractivity contribution in [1.82, 2.24) is 9.03 Å². The third kappa shape index (κ3) is 3.41. The largest absolute Gasteiger partial charge is 0.326 e. The highest BCUT2D eigenvalue weighted by Gasteiger charge is 2.35. The number of hydrogen-bond donors (Lipinski definition) is 2. The standard InChI is InChI=1S/C9H21N3O2S/c1-7-5-12(6-8(7)10)15(13,14)11-9(2,3)4/h7-8,11H,5-6,10H2,1-4H3. The Morgan fingerprint density at radius 2 is 1.87 bits per heavy atom. The Kier molecular flexibility index (Phi) is 3.45. The molecule has 1 saturated heterocycles. The van der Waals surface area contributed by atoms with Gasteiger partial charge in [-0.3, -0.25) is 0 Å². The zero-order chi connectivity index (χ0) is 11.9. The second-order valence-corrected chi connectivity index (χ2v) is 6.99. The van der Waals surface area contributed by atoms with Crippen LogP contribution in [-0.2, 0) is 10.2 Å². The fraction of sp³-hybridized carbons (Fsp3) is 1.00. The van der Waals surface area contributed by atoms with Crippen molar-refractivity contribution in [2.75, 3.05) is 13.1 Å². The number of nitrogens with two attached hydrogens (primary N) is 1. The first kappa shape index (κ1) is 12.9. The van der Waals surface area contributed by atoms with Crippen LogP contribution in [0.5, 0.6) is 0 Å². The molecule has 1 heterocycles. The van der Waals surface area contributed by atoms with Crippen LogP contribution in [0.1, 0.15) is 27.7 Å². The Morgan fingerprint density at radius 1 is 1.33 bits per heavy atom. The average Bonchev–Trinajstić information content (AvgIpc) is 2.27. The van der Waals surface area contributed by atoms with Crippen molar-refractivity contribution < 1.29 is 8.42 Å². The Bertz CT molecular complexity index is 311. The zero-order valence-electron chi connectivity index (χ0n) is 9.82. The van der Waals surface area contributed by atoms with Gasteiger partial charge in [-0.15, -0.1) is 0 Å². The molecule has 3 N–H and O–H groups in total. The Balaban J connectivity index is 2.72. The SMILES string of the molecule is CC1CN(S(=O)(=O)NC(C)(C)C)CC1N. The molecule has 1 aliphatic rings. The summed E-state index contributed by atoms with van der Waals surface area (Å²) in [7, 11) is -3.38. The van der Waals surface area contributed by atoms with E-state index >= 15 is 0 Å². The normalized spacial score (nSPS) is 29.7. The van der Waals surface area contributed by atoms with Crippen LogP contribution in [0.2, 0.25) is 0 Å². The highest BCUT2D eigenvalue weighted by atomic mass is 32.2. The van der Waals surface area contributed by atoms with Gasteiger partial charge < -0.3 is 5.73 Å². The predicted octanol–water partition coefficient (Wildman–Crippen LogP) is -0.102. The van der Waals surface area contributed by atoms with Gasteiger partial charge in [0.05, 0.1) is 0 Å². The van der Waals surface area contributed by atoms with Crippen LogP contribution in [0, 0.1) is 5.92 Å². The van der Waals surface area contributed by atoms with Gasteiger partial charge in [0, 0.05) is 24.7 Å². The predicted molar refractivity (Wildman–Crippen MR) is 60.5 cm³/mol. The van der Waals surface area contributed by atoms with Gasteiger partial charge in [0.25, 0.3) is 10.2 Å². The molecule has 2 atom stereocenters. The molecule has 0 aromatic heterocycles. The molecule has 0 bridgehead atoms. The van der Waals surface area contributed by atoms with Crippen molar-refractivity contribution in [3.63, 3.8) is 0 Å². The molecule has 0 aromatic rings. The van der Waals surface area contributed by atoms with Gasteiger partial charge in [-0.25, -0.2) is 0 Å². The topological polar surface area (TPSA) is 75.4 Å². The summed E-state index contributed by atoms with van der Waals surface area (Å²) in [5.74, 6) is 0.224. The van der Waals surface area contributed by atoms with E-state index in [1.165, 1.54) is 4.31 Å². The third-order valence-electron chi connectivity index (χ3n) is 2.41. The number of nitrogens with zero attached hydrogens (tertiary/aromatic N) is 1. The van der Waals surface area contributed by atoms with Crippen LogP contribution in [0.25, 0.3) is 0 Å². The highest BCUT2D eigenvalue weighted by molar-refractivity contribution is 7.87. The summed E-state index contributed by atoms with van der Waals surface area (Å²) in [6.07, 6.45) is 0. The number of rotatable bonds is 2. The minimum Gasteiger partial charge on any atom is -0.326 e. The zero-order valence-corrected chi connectivity index (χ0v) is 10.6. The quantitative estimate of drug-likeness (QED) is 0.701. The van der Waals surface area contributed by atoms with E-state index in [0.717, 1.165) is 0 Å². The molecule has 0 radical (unpaired) electrons. The van der Waals surface area contributed by atoms with Crippen LogP contribution in [-0.4, -0.2) is 37.4 Å². The van der Waals surface area contributed by atoms with Crippen molar-refractivity contribution >= 4 is 10.2 Å². The number of nitrogens with one attached hydrogen (secondary N) is 1. The molecule has 0 aromatic carbocycles. The maximum Gasteiger partial charge on any atom is 0.279 e. The molecule has 15 heavy (non-hydrogen) atoms. The molecule has 0 aliphatic carbocycles. The minimum atomic E-state index is -3.38. The van der Waals surface area contributed by atoms with Gasteiger partial charge in [-0.1, -0.05) is 6.92 Å². The first-order valence-corrected chi connectivity index (χ1v) is 6.60. The molecule has 6 heteroatoms. The molecular weight excluding hydrogens is 214 g/mol. The van der Waals surface area contributed by atoms with Gasteiger partial charge in [0.15, 0.2) is 0 Å². The summed E-state index contributed by atoms with van der Waals surface area (Å²) < 4.78 is 27.8. The lowest BCUT2D eigenvalue weighted by Crippen LogP contribution is -2.48. The van der Waals surface area contributed by atoms with Crippen molar-refractivity contribution in [3.05, 3.63) is 0 Å². The lowest BCUT2D eigenvalue weighted by Gasteiger charge is -2.25. The van der Waals surface area contributed by atoms with E-state index in [4.69, 9.17) is 5.73 Å². The monoisotopic (exact) mass is 235 g/mol. The molecule has 0 saturated carbocycles. The molecule has 2 unspecified atom stereocenters. The number of hydrogen-bond acceptors (Lipinski definition) is 3. The van der Waals surface area contributed by atoms with Crippen LogP contribution < -0.4 is 10.5 Å². The van der Waals surface area contributed by atoms with Crippen LogP contribution in [0.3, 0.4) is 0 Å². The molecule has 1 fully saturated rings. The molecule has 0 amide bonds. The van der Waals surface area contributed by atoms with E-state index in [9.17, 15) is 8.42 Å². The summed E-state index contributed by atoms with van der Waals surface area (Å²) in [5.41, 5.74) is 5.35. The van der Waals surface area contributed by atoms with E-state index in [-0.39, 0.29) is 12.0 Å². The van der Waals surface area contributed by atoms with Crippen LogP contribution in [0.15, 0.2) is 0 Å². The minimum absolute atomic E-state index is 0.0541. The smallest absolute Gasteiger partial charge is 0.279 e. The average molecular weight is 235 g/mol. The van der Waals surface area contributed by atoms with Gasteiger partial charge in [0.2, 0.25) is 0 Å². The fourth-order valence-electron chi connectivity index (χ4n) is 1.59. The second-order valence-electron chi connectivity index (χ2n) is 5.32. The lowest BCUT2D eigenvalue weighted by molar-refractivity contribution is 0.420. The Labute approximate surface area is 92.2 Å². The van der Waals surface area contributed by atoms with E-state index in [1.54, 1.807) is 0 Å². The van der Waals surface area contributed by atoms with Gasteiger partial charge in [-0.2, -0.15) is 17.4 Å². The Hall–Kier alpha value is -0.170. The van der Waals surface area contributed by atoms with Crippen LogP contribution in [0.4, 0.5) is 0 Å². The van der Waals surface area contributed by atoms with E-state index < -0.39 is 15.7 Å². The molecular formula is C9H21N3O2S. The summed E-state index contributed by atoms with van der Waals surface area (Å²) in [6.45, 7) is 8.36. The summed E-state index contributed by atoms with van der Waals surface area (Å²) in [6, 6.07) is -0.0541. The van der Waals surface area contributed by atoms with E-state index in [0.29, 0.717) is 13.1 Å². The second kappa shape index (κ2) is 4.01. The third-order valence-corrected chi connectivity index (χ3v) is 4.26. The maximum absolute atomic E-state index is 11.9. The van der Waals surface area contributed by atoms with Gasteiger partial charge in [0.1, 0.15) is 0 Å². The molecule has 0 spiro atoms. The molecule has 1 rings (SSSR count). The summed E-state index contributed by atoms with van der Waals surface area (Å²) in [5, 5.41) is 0. The van der Waals surface area contributed by atoms with E-state index in [1.807, 2.05) is 27.7 Å². The fourth-order valence-corrected chi connectivity index (χ4v) is 3.30. The molecule has 5 nitrogen and oxygen atoms in total. The van der Waals surface area contributed by atoms with Gasteiger partial charge in [-0.05, 0) is 26.7 Å². The first-order valence-electron chi connectivity index (χ1n) is 5.16. The summed E-state index contributed by atoms with van der Waals surface area (Å²) >= 11 is 0. The van der Waals surface area contributed by atoms with Gasteiger partial charge >= 0.3 is 0 Å². The first-order chi connectivity index (χ1) is 6.62. The van der Waals surface area contributed by atoms with Crippen molar-refractivity contribution in [1.29, 1.82) is 0 Å². The Morgan fingerprint density at radius 3 is 2.20 bits per heavy atom. The highest BCUT2D eigenvalue weighted by Crippen LogP contribution is 2.18.